The van der Waals surface area contributed by atoms with Crippen molar-refractivity contribution in [3.8, 4) is 0 Å². The molecule has 0 saturated heterocycles. The quantitative estimate of drug-likeness (QED) is 0.139. The van der Waals surface area contributed by atoms with Crippen LogP contribution in [0.15, 0.2) is 35.7 Å². The zero-order valence-electron chi connectivity index (χ0n) is 39.3. The van der Waals surface area contributed by atoms with E-state index in [0.29, 0.717) is 43.3 Å². The van der Waals surface area contributed by atoms with E-state index in [1.165, 1.54) is 5.57 Å². The van der Waals surface area contributed by atoms with Crippen molar-refractivity contribution < 1.29 is 34.1 Å². The number of nitrogens with one attached hydrogen (secondary N) is 3. The zero-order chi connectivity index (χ0) is 45.2. The van der Waals surface area contributed by atoms with E-state index in [2.05, 4.69) is 69.1 Å². The number of Topliss-reactive ketones (excluding diaryl/α,β-unsaturated/α-hetero) is 1. The van der Waals surface area contributed by atoms with Crippen LogP contribution < -0.4 is 10.6 Å². The first kappa shape index (κ1) is 45.0. The minimum Gasteiger partial charge on any atom is -0.481 e. The average molecular weight is 855 g/mol. The molecule has 0 unspecified atom stereocenters. The summed E-state index contributed by atoms with van der Waals surface area (Å²) in [5, 5.41) is 28.8. The summed E-state index contributed by atoms with van der Waals surface area (Å²) in [7, 11) is 0. The number of esters is 1. The van der Waals surface area contributed by atoms with Crippen molar-refractivity contribution in [2.75, 3.05) is 13.1 Å². The highest BCUT2D eigenvalue weighted by molar-refractivity contribution is 6.01. The maximum atomic E-state index is 14.2. The van der Waals surface area contributed by atoms with Crippen molar-refractivity contribution in [3.05, 3.63) is 41.2 Å². The number of rotatable bonds is 11. The number of ketones is 1. The molecule has 8 rings (SSSR count). The molecule has 2 aromatic rings. The second-order valence-electron chi connectivity index (χ2n) is 23.8. The SMILES string of the molecule is CC(C)C1=C2[C@H]3CC[C@@H]4[C@@]5(C)CC[C@H](OC(=O)[C@H]6C[C@@H](C(=O)O)C6(C)C)C(C)(C)[C@@H]5CC[C@@]4(C)[C@]3(C)CC[C@@]2([C@@H](O)CNCC(C)(C)NC(=O)c2ccc3nc[nH]c3c2)CC1=O. The summed E-state index contributed by atoms with van der Waals surface area (Å²) in [6.45, 7) is 25.0. The fraction of sp³-hybridized carbons (Fsp3) is 0.745. The van der Waals surface area contributed by atoms with Gasteiger partial charge in [-0.1, -0.05) is 67.9 Å². The predicted molar refractivity (Wildman–Crippen MR) is 239 cm³/mol. The molecule has 5 fully saturated rings. The Morgan fingerprint density at radius 3 is 2.32 bits per heavy atom. The third-order valence-corrected chi connectivity index (χ3v) is 19.2. The van der Waals surface area contributed by atoms with Gasteiger partial charge in [0.25, 0.3) is 5.91 Å². The Morgan fingerprint density at radius 1 is 0.919 bits per heavy atom. The van der Waals surface area contributed by atoms with Gasteiger partial charge in [-0.25, -0.2) is 4.98 Å². The summed E-state index contributed by atoms with van der Waals surface area (Å²) < 4.78 is 6.43. The van der Waals surface area contributed by atoms with Crippen molar-refractivity contribution in [2.45, 2.75) is 158 Å². The number of imidazole rings is 1. The summed E-state index contributed by atoms with van der Waals surface area (Å²) >= 11 is 0. The van der Waals surface area contributed by atoms with E-state index >= 15 is 0 Å². The van der Waals surface area contributed by atoms with Gasteiger partial charge in [0.05, 0.1) is 35.3 Å². The molecule has 1 heterocycles. The molecule has 1 aromatic heterocycles. The highest BCUT2D eigenvalue weighted by Gasteiger charge is 2.71. The number of amides is 1. The van der Waals surface area contributed by atoms with Gasteiger partial charge in [-0.15, -0.1) is 0 Å². The Labute approximate surface area is 368 Å². The van der Waals surface area contributed by atoms with Crippen LogP contribution in [0.25, 0.3) is 11.0 Å². The van der Waals surface area contributed by atoms with E-state index in [-0.39, 0.29) is 57.3 Å². The van der Waals surface area contributed by atoms with Gasteiger partial charge < -0.3 is 30.6 Å². The molecule has 11 nitrogen and oxygen atoms in total. The molecule has 62 heavy (non-hydrogen) atoms. The second-order valence-corrected chi connectivity index (χ2v) is 23.8. The number of hydrogen-bond donors (Lipinski definition) is 5. The number of carbonyl (C=O) groups excluding carboxylic acids is 3. The molecule has 1 amide bonds. The third kappa shape index (κ3) is 6.65. The van der Waals surface area contributed by atoms with Gasteiger partial charge in [-0.05, 0) is 141 Å². The maximum Gasteiger partial charge on any atom is 0.309 e. The molecule has 0 bridgehead atoms. The lowest BCUT2D eigenvalue weighted by atomic mass is 9.33. The van der Waals surface area contributed by atoms with E-state index in [1.54, 1.807) is 18.5 Å². The number of aliphatic hydroxyl groups excluding tert-OH is 1. The molecule has 1 aromatic carbocycles. The van der Waals surface area contributed by atoms with Crippen LogP contribution in [0.2, 0.25) is 0 Å². The Morgan fingerprint density at radius 2 is 1.65 bits per heavy atom. The molecule has 5 N–H and O–H groups in total. The first-order valence-electron chi connectivity index (χ1n) is 23.7. The highest BCUT2D eigenvalue weighted by atomic mass is 16.5. The fourth-order valence-electron chi connectivity index (χ4n) is 15.5. The lowest BCUT2D eigenvalue weighted by Gasteiger charge is -2.72. The van der Waals surface area contributed by atoms with Crippen LogP contribution in [0.3, 0.4) is 0 Å². The normalized spacial score (nSPS) is 37.7. The van der Waals surface area contributed by atoms with Gasteiger partial charge in [0.2, 0.25) is 0 Å². The van der Waals surface area contributed by atoms with Gasteiger partial charge in [-0.3, -0.25) is 19.2 Å². The molecular weight excluding hydrogens is 781 g/mol. The topological polar surface area (TPSA) is 171 Å². The molecule has 6 aliphatic carbocycles. The Hall–Kier alpha value is -3.57. The Bertz CT molecular complexity index is 2190. The summed E-state index contributed by atoms with van der Waals surface area (Å²) in [6.07, 6.45) is 9.00. The first-order chi connectivity index (χ1) is 28.8. The summed E-state index contributed by atoms with van der Waals surface area (Å²) in [5.74, 6) is -0.881. The van der Waals surface area contributed by atoms with Crippen LogP contribution in [0, 0.1) is 68.0 Å². The smallest absolute Gasteiger partial charge is 0.309 e. The first-order valence-corrected chi connectivity index (χ1v) is 23.7. The van der Waals surface area contributed by atoms with E-state index in [0.717, 1.165) is 68.0 Å². The minimum atomic E-state index is -0.839. The lowest BCUT2D eigenvalue weighted by Crippen LogP contribution is -2.66. The molecule has 11 atom stereocenters. The van der Waals surface area contributed by atoms with Gasteiger partial charge >= 0.3 is 11.9 Å². The Kier molecular flexibility index (Phi) is 10.9. The Balaban J connectivity index is 0.984. The second kappa shape index (κ2) is 15.0. The average Bonchev–Trinajstić information content (AvgIpc) is 3.77. The predicted octanol–water partition coefficient (Wildman–Crippen LogP) is 8.66. The van der Waals surface area contributed by atoms with Gasteiger partial charge in [0, 0.05) is 41.4 Å². The molecular formula is C51H74N4O7. The number of aromatic nitrogens is 2. The van der Waals surface area contributed by atoms with Crippen molar-refractivity contribution in [2.24, 2.45) is 68.0 Å². The molecule has 5 saturated carbocycles. The molecule has 0 aliphatic heterocycles. The van der Waals surface area contributed by atoms with Gasteiger partial charge in [0.15, 0.2) is 5.78 Å². The number of aliphatic carboxylic acids is 1. The number of ether oxygens (including phenoxy) is 1. The van der Waals surface area contributed by atoms with Crippen LogP contribution in [0.5, 0.6) is 0 Å². The number of hydrogen-bond acceptors (Lipinski definition) is 8. The lowest BCUT2D eigenvalue weighted by molar-refractivity contribution is -0.238. The number of aromatic amines is 1. The van der Waals surface area contributed by atoms with Crippen LogP contribution in [-0.4, -0.2) is 74.6 Å². The number of carboxylic acids is 1. The van der Waals surface area contributed by atoms with Crippen LogP contribution in [-0.2, 0) is 19.1 Å². The summed E-state index contributed by atoms with van der Waals surface area (Å²) in [5.41, 5.74) is 2.28. The van der Waals surface area contributed by atoms with Gasteiger partial charge in [0.1, 0.15) is 6.10 Å². The highest BCUT2D eigenvalue weighted by Crippen LogP contribution is 2.77. The van der Waals surface area contributed by atoms with E-state index in [9.17, 15) is 29.4 Å². The number of H-pyrrole nitrogens is 1. The monoisotopic (exact) mass is 855 g/mol. The van der Waals surface area contributed by atoms with E-state index < -0.39 is 40.3 Å². The standard InChI is InChI=1S/C51H74N4O7/c1-28(2)40-35(56)24-51(38(57)25-52-26-45(3,4)55-42(58)29-12-14-33-34(22-29)54-27-53-33)21-20-49(10)30(41(40)51)13-15-37-48(9)18-17-39(47(7,8)36(48)16-19-50(37,49)11)62-44(61)32-23-31(43(59)60)46(32,5)6/h12,14,22,27-28,30-32,36-39,52,57H,13,15-21,23-26H2,1-11H3,(H,53,54)(H,55,58)(H,59,60)/t30-,31+,32-,36+,37-,38+,39+,48+,49-,50-,51+/m1/s1. The van der Waals surface area contributed by atoms with Gasteiger partial charge in [-0.2, -0.15) is 0 Å². The van der Waals surface area contributed by atoms with Crippen molar-refractivity contribution in [1.82, 2.24) is 20.6 Å². The largest absolute Gasteiger partial charge is 0.481 e. The molecule has 6 aliphatic rings. The number of nitrogens with zero attached hydrogens (tertiary/aromatic N) is 1. The molecule has 0 radical (unpaired) electrons. The van der Waals surface area contributed by atoms with Crippen molar-refractivity contribution in [1.29, 1.82) is 0 Å². The molecule has 340 valence electrons. The van der Waals surface area contributed by atoms with Crippen LogP contribution in [0.4, 0.5) is 0 Å². The number of aliphatic hydroxyl groups is 1. The third-order valence-electron chi connectivity index (χ3n) is 19.2. The fourth-order valence-corrected chi connectivity index (χ4v) is 15.5. The number of benzene rings is 1. The van der Waals surface area contributed by atoms with Crippen molar-refractivity contribution in [3.63, 3.8) is 0 Å². The maximum absolute atomic E-state index is 14.2. The summed E-state index contributed by atoms with van der Waals surface area (Å²) in [4.78, 5) is 60.4. The van der Waals surface area contributed by atoms with Crippen molar-refractivity contribution >= 4 is 34.7 Å². The van der Waals surface area contributed by atoms with Crippen LogP contribution in [0.1, 0.15) is 151 Å². The summed E-state index contributed by atoms with van der Waals surface area (Å²) in [6, 6.07) is 5.42. The van der Waals surface area contributed by atoms with Crippen LogP contribution >= 0.6 is 0 Å². The molecule has 0 spiro atoms. The minimum absolute atomic E-state index is 0.0167. The molecule has 11 heteroatoms. The number of carbonyl (C=O) groups is 4. The zero-order valence-corrected chi connectivity index (χ0v) is 39.3. The number of carboxylic acid groups (broad SMARTS) is 1. The van der Waals surface area contributed by atoms with E-state index in [1.807, 2.05) is 33.8 Å². The number of allylic oxidation sites excluding steroid dienone is 1. The number of fused-ring (bicyclic) bond motifs is 8. The van der Waals surface area contributed by atoms with E-state index in [4.69, 9.17) is 4.74 Å².